The number of nitrogens with zero attached hydrogens (tertiary/aromatic N) is 6. The van der Waals surface area contributed by atoms with Crippen molar-refractivity contribution >= 4 is 16.9 Å². The molecule has 3 aromatic heterocycles. The van der Waals surface area contributed by atoms with Crippen molar-refractivity contribution in [3.63, 3.8) is 0 Å². The molecule has 0 amide bonds. The summed E-state index contributed by atoms with van der Waals surface area (Å²) in [5, 5.41) is 9.27. The van der Waals surface area contributed by atoms with E-state index in [1.807, 2.05) is 12.1 Å². The molecule has 1 aliphatic heterocycles. The van der Waals surface area contributed by atoms with E-state index in [1.165, 1.54) is 0 Å². The number of hydrogen-bond acceptors (Lipinski definition) is 9. The van der Waals surface area contributed by atoms with Crippen molar-refractivity contribution in [2.24, 2.45) is 0 Å². The zero-order valence-electron chi connectivity index (χ0n) is 22.3. The second-order valence-electron chi connectivity index (χ2n) is 9.57. The number of anilines is 1. The summed E-state index contributed by atoms with van der Waals surface area (Å²) in [4.78, 5) is 32.1. The van der Waals surface area contributed by atoms with Crippen LogP contribution in [0.1, 0.15) is 33.6 Å². The van der Waals surface area contributed by atoms with Gasteiger partial charge in [-0.25, -0.2) is 9.97 Å². The van der Waals surface area contributed by atoms with Crippen LogP contribution in [-0.4, -0.2) is 88.2 Å². The number of ether oxygens (including phenoxy) is 2. The summed E-state index contributed by atoms with van der Waals surface area (Å²) in [6.07, 6.45) is 5.10. The standard InChI is InChI=1S/C27H38N6O4/c1-5-12-37-13-10-33-24-14-22(21-7-8-25(36-4)29-15-21)28-16-23(24)30-26(27(33)35)31-17-19(2)32(9-6-11-34)20(3)18-31/h7-8,14-16,19-20,34H,5-6,9-13,17-18H2,1-4H3. The first-order valence-corrected chi connectivity index (χ1v) is 13.1. The lowest BCUT2D eigenvalue weighted by Gasteiger charge is -2.44. The monoisotopic (exact) mass is 510 g/mol. The molecule has 10 nitrogen and oxygen atoms in total. The minimum absolute atomic E-state index is 0.124. The Morgan fingerprint density at radius 2 is 1.86 bits per heavy atom. The molecule has 0 bridgehead atoms. The maximum Gasteiger partial charge on any atom is 0.294 e. The van der Waals surface area contributed by atoms with E-state index >= 15 is 0 Å². The Bertz CT molecular complexity index is 1220. The zero-order valence-corrected chi connectivity index (χ0v) is 22.3. The van der Waals surface area contributed by atoms with Gasteiger partial charge in [-0.2, -0.15) is 0 Å². The van der Waals surface area contributed by atoms with Gasteiger partial charge < -0.3 is 24.0 Å². The van der Waals surface area contributed by atoms with Gasteiger partial charge in [0.2, 0.25) is 5.88 Å². The van der Waals surface area contributed by atoms with E-state index < -0.39 is 0 Å². The van der Waals surface area contributed by atoms with Crippen LogP contribution < -0.4 is 15.2 Å². The summed E-state index contributed by atoms with van der Waals surface area (Å²) in [5.41, 5.74) is 2.80. The molecule has 37 heavy (non-hydrogen) atoms. The molecule has 4 heterocycles. The van der Waals surface area contributed by atoms with Gasteiger partial charge in [-0.1, -0.05) is 6.92 Å². The number of piperazine rings is 1. The molecule has 0 spiro atoms. The van der Waals surface area contributed by atoms with Crippen molar-refractivity contribution in [3.05, 3.63) is 40.9 Å². The molecule has 10 heteroatoms. The fourth-order valence-corrected chi connectivity index (χ4v) is 5.00. The van der Waals surface area contributed by atoms with Crippen LogP contribution in [0.5, 0.6) is 5.88 Å². The maximum absolute atomic E-state index is 13.9. The Labute approximate surface area is 217 Å². The predicted molar refractivity (Wildman–Crippen MR) is 144 cm³/mol. The van der Waals surface area contributed by atoms with Crippen molar-refractivity contribution in [2.45, 2.75) is 52.2 Å². The number of methoxy groups -OCH3 is 1. The SMILES string of the molecule is CCCOCCn1c(=O)c(N2CC(C)N(CCCO)C(C)C2)nc2cnc(-c3ccc(OC)nc3)cc21. The summed E-state index contributed by atoms with van der Waals surface area (Å²) in [7, 11) is 1.58. The van der Waals surface area contributed by atoms with Crippen LogP contribution >= 0.6 is 0 Å². The van der Waals surface area contributed by atoms with Crippen LogP contribution in [0.2, 0.25) is 0 Å². The molecule has 0 saturated carbocycles. The summed E-state index contributed by atoms with van der Waals surface area (Å²) >= 11 is 0. The van der Waals surface area contributed by atoms with E-state index in [0.717, 1.165) is 30.5 Å². The van der Waals surface area contributed by atoms with Gasteiger partial charge in [0.15, 0.2) is 5.82 Å². The van der Waals surface area contributed by atoms with Crippen LogP contribution in [0.3, 0.4) is 0 Å². The molecular formula is C27H38N6O4. The van der Waals surface area contributed by atoms with Gasteiger partial charge in [-0.3, -0.25) is 14.7 Å². The summed E-state index contributed by atoms with van der Waals surface area (Å²) in [5.74, 6) is 0.977. The third-order valence-electron chi connectivity index (χ3n) is 6.84. The Morgan fingerprint density at radius 1 is 1.08 bits per heavy atom. The Hall–Kier alpha value is -3.08. The fourth-order valence-electron chi connectivity index (χ4n) is 5.00. The van der Waals surface area contributed by atoms with Crippen LogP contribution in [0.15, 0.2) is 35.4 Å². The Morgan fingerprint density at radius 3 is 2.51 bits per heavy atom. The summed E-state index contributed by atoms with van der Waals surface area (Å²) in [6, 6.07) is 6.05. The fraction of sp³-hybridized carbons (Fsp3) is 0.556. The molecule has 200 valence electrons. The number of aromatic nitrogens is 4. The highest BCUT2D eigenvalue weighted by atomic mass is 16.5. The van der Waals surface area contributed by atoms with Gasteiger partial charge in [0, 0.05) is 69.3 Å². The molecule has 1 fully saturated rings. The van der Waals surface area contributed by atoms with Gasteiger partial charge in [0.1, 0.15) is 5.52 Å². The van der Waals surface area contributed by atoms with Crippen molar-refractivity contribution < 1.29 is 14.6 Å². The molecule has 2 atom stereocenters. The van der Waals surface area contributed by atoms with Gasteiger partial charge in [-0.05, 0) is 38.8 Å². The Kier molecular flexibility index (Phi) is 9.07. The highest BCUT2D eigenvalue weighted by molar-refractivity contribution is 5.80. The lowest BCUT2D eigenvalue weighted by atomic mass is 10.1. The van der Waals surface area contributed by atoms with Crippen LogP contribution in [-0.2, 0) is 11.3 Å². The van der Waals surface area contributed by atoms with Crippen LogP contribution in [0.25, 0.3) is 22.3 Å². The quantitative estimate of drug-likeness (QED) is 0.390. The first-order chi connectivity index (χ1) is 18.0. The lowest BCUT2D eigenvalue weighted by Crippen LogP contribution is -2.58. The zero-order chi connectivity index (χ0) is 26.4. The maximum atomic E-state index is 13.9. The molecule has 2 unspecified atom stereocenters. The lowest BCUT2D eigenvalue weighted by molar-refractivity contribution is 0.119. The van der Waals surface area contributed by atoms with E-state index in [9.17, 15) is 9.90 Å². The van der Waals surface area contributed by atoms with E-state index in [0.29, 0.717) is 55.8 Å². The van der Waals surface area contributed by atoms with Gasteiger partial charge in [0.25, 0.3) is 5.56 Å². The van der Waals surface area contributed by atoms with Gasteiger partial charge >= 0.3 is 0 Å². The molecular weight excluding hydrogens is 472 g/mol. The molecule has 1 aliphatic rings. The smallest absolute Gasteiger partial charge is 0.294 e. The third kappa shape index (κ3) is 6.08. The third-order valence-corrected chi connectivity index (χ3v) is 6.84. The first-order valence-electron chi connectivity index (χ1n) is 13.1. The first kappa shape index (κ1) is 27.0. The molecule has 1 N–H and O–H groups in total. The molecule has 3 aromatic rings. The predicted octanol–water partition coefficient (Wildman–Crippen LogP) is 2.57. The van der Waals surface area contributed by atoms with Crippen molar-refractivity contribution in [1.82, 2.24) is 24.4 Å². The van der Waals surface area contributed by atoms with Gasteiger partial charge in [-0.15, -0.1) is 0 Å². The highest BCUT2D eigenvalue weighted by Gasteiger charge is 2.31. The Balaban J connectivity index is 1.71. The van der Waals surface area contributed by atoms with Crippen molar-refractivity contribution in [2.75, 3.05) is 51.5 Å². The molecule has 0 aliphatic carbocycles. The van der Waals surface area contributed by atoms with Crippen molar-refractivity contribution in [1.29, 1.82) is 0 Å². The van der Waals surface area contributed by atoms with E-state index in [4.69, 9.17) is 14.5 Å². The normalized spacial score (nSPS) is 18.5. The van der Waals surface area contributed by atoms with Crippen LogP contribution in [0.4, 0.5) is 5.82 Å². The topological polar surface area (TPSA) is 106 Å². The number of aliphatic hydroxyl groups excluding tert-OH is 1. The number of rotatable bonds is 11. The number of fused-ring (bicyclic) bond motifs is 1. The summed E-state index contributed by atoms with van der Waals surface area (Å²) in [6.45, 7) is 10.3. The number of hydrogen-bond donors (Lipinski definition) is 1. The molecule has 0 radical (unpaired) electrons. The largest absolute Gasteiger partial charge is 0.481 e. The number of aliphatic hydroxyl groups is 1. The second kappa shape index (κ2) is 12.4. The molecule has 0 aromatic carbocycles. The van der Waals surface area contributed by atoms with Crippen molar-refractivity contribution in [3.8, 4) is 17.1 Å². The highest BCUT2D eigenvalue weighted by Crippen LogP contribution is 2.24. The minimum Gasteiger partial charge on any atom is -0.481 e. The second-order valence-corrected chi connectivity index (χ2v) is 9.57. The average Bonchev–Trinajstić information content (AvgIpc) is 2.91. The average molecular weight is 511 g/mol. The summed E-state index contributed by atoms with van der Waals surface area (Å²) < 4.78 is 12.7. The van der Waals surface area contributed by atoms with E-state index in [-0.39, 0.29) is 24.2 Å². The minimum atomic E-state index is -0.124. The van der Waals surface area contributed by atoms with Crippen LogP contribution in [0, 0.1) is 0 Å². The molecule has 1 saturated heterocycles. The van der Waals surface area contributed by atoms with Gasteiger partial charge in [0.05, 0.1) is 31.1 Å². The van der Waals surface area contributed by atoms with E-state index in [1.54, 1.807) is 30.1 Å². The molecule has 4 rings (SSSR count). The number of pyridine rings is 2. The van der Waals surface area contributed by atoms with E-state index in [2.05, 4.69) is 40.5 Å².